The maximum Gasteiger partial charge on any atom is 0.0623 e. The van der Waals surface area contributed by atoms with Crippen molar-refractivity contribution in [2.75, 3.05) is 19.7 Å². The molecule has 0 radical (unpaired) electrons. The molecule has 3 nitrogen and oxygen atoms in total. The number of hydrogen-bond acceptors (Lipinski definition) is 3. The molecule has 0 aromatic rings. The van der Waals surface area contributed by atoms with Gasteiger partial charge in [-0.05, 0) is 32.7 Å². The zero-order valence-electron chi connectivity index (χ0n) is 12.0. The Balaban J connectivity index is 2.58. The van der Waals surface area contributed by atoms with Gasteiger partial charge >= 0.3 is 0 Å². The van der Waals surface area contributed by atoms with Crippen LogP contribution in [-0.2, 0) is 0 Å². The number of aliphatic hydroxyl groups excluding tert-OH is 1. The molecule has 0 amide bonds. The fraction of sp³-hybridized carbons (Fsp3) is 1.00. The van der Waals surface area contributed by atoms with E-state index in [-0.39, 0.29) is 12.1 Å². The summed E-state index contributed by atoms with van der Waals surface area (Å²) in [6, 6.07) is 1.13. The van der Waals surface area contributed by atoms with Gasteiger partial charge in [0.15, 0.2) is 0 Å². The van der Waals surface area contributed by atoms with Crippen LogP contribution >= 0.6 is 0 Å². The first-order valence-electron chi connectivity index (χ1n) is 7.13. The number of nitrogens with zero attached hydrogens (tertiary/aromatic N) is 1. The number of likely N-dealkylation sites (tertiary alicyclic amines) is 1. The average molecular weight is 242 g/mol. The summed E-state index contributed by atoms with van der Waals surface area (Å²) in [4.78, 5) is 2.56. The van der Waals surface area contributed by atoms with E-state index in [1.54, 1.807) is 0 Å². The lowest BCUT2D eigenvalue weighted by Crippen LogP contribution is -2.58. The van der Waals surface area contributed by atoms with Gasteiger partial charge in [-0.25, -0.2) is 0 Å². The van der Waals surface area contributed by atoms with E-state index in [1.807, 2.05) is 0 Å². The molecule has 2 unspecified atom stereocenters. The molecule has 17 heavy (non-hydrogen) atoms. The maximum atomic E-state index is 9.63. The van der Waals surface area contributed by atoms with Gasteiger partial charge < -0.3 is 10.4 Å². The van der Waals surface area contributed by atoms with E-state index >= 15 is 0 Å². The van der Waals surface area contributed by atoms with E-state index in [0.717, 1.165) is 6.54 Å². The smallest absolute Gasteiger partial charge is 0.0623 e. The molecule has 0 bridgehead atoms. The molecular weight excluding hydrogens is 212 g/mol. The zero-order valence-corrected chi connectivity index (χ0v) is 12.0. The lowest BCUT2D eigenvalue weighted by molar-refractivity contribution is 0.0684. The number of nitrogens with one attached hydrogen (secondary N) is 1. The van der Waals surface area contributed by atoms with Crippen LogP contribution in [0.25, 0.3) is 0 Å². The Morgan fingerprint density at radius 3 is 2.65 bits per heavy atom. The predicted octanol–water partition coefficient (Wildman–Crippen LogP) is 2.00. The third kappa shape index (κ3) is 4.57. The van der Waals surface area contributed by atoms with E-state index < -0.39 is 0 Å². The summed E-state index contributed by atoms with van der Waals surface area (Å²) in [6.45, 7) is 11.0. The molecule has 0 aromatic heterocycles. The molecule has 1 saturated heterocycles. The largest absolute Gasteiger partial charge is 0.394 e. The fourth-order valence-corrected chi connectivity index (χ4v) is 3.02. The van der Waals surface area contributed by atoms with Gasteiger partial charge in [0, 0.05) is 18.6 Å². The zero-order chi connectivity index (χ0) is 12.9. The fourth-order valence-electron chi connectivity index (χ4n) is 3.02. The van der Waals surface area contributed by atoms with E-state index in [0.29, 0.717) is 12.1 Å². The highest BCUT2D eigenvalue weighted by molar-refractivity contribution is 4.90. The second-order valence-corrected chi connectivity index (χ2v) is 6.05. The molecule has 1 fully saturated rings. The number of rotatable bonds is 6. The van der Waals surface area contributed by atoms with E-state index in [4.69, 9.17) is 0 Å². The molecule has 1 heterocycles. The van der Waals surface area contributed by atoms with Gasteiger partial charge in [-0.15, -0.1) is 0 Å². The monoisotopic (exact) mass is 242 g/mol. The van der Waals surface area contributed by atoms with Crippen molar-refractivity contribution in [1.29, 1.82) is 0 Å². The standard InChI is InChI=1S/C14H30N2O/c1-5-13-8-6-7-9-16(13)10-14(4,11-17)15-12(2)3/h12-13,15,17H,5-11H2,1-4H3. The quantitative estimate of drug-likeness (QED) is 0.748. The van der Waals surface area contributed by atoms with Crippen LogP contribution in [0.4, 0.5) is 0 Å². The van der Waals surface area contributed by atoms with Crippen LogP contribution < -0.4 is 5.32 Å². The molecule has 1 aliphatic heterocycles. The highest BCUT2D eigenvalue weighted by atomic mass is 16.3. The van der Waals surface area contributed by atoms with Crippen LogP contribution in [0.15, 0.2) is 0 Å². The summed E-state index contributed by atoms with van der Waals surface area (Å²) in [5.74, 6) is 0. The van der Waals surface area contributed by atoms with Crippen molar-refractivity contribution >= 4 is 0 Å². The summed E-state index contributed by atoms with van der Waals surface area (Å²) in [6.07, 6.45) is 5.21. The molecular formula is C14H30N2O. The van der Waals surface area contributed by atoms with Gasteiger partial charge in [0.05, 0.1) is 12.1 Å². The van der Waals surface area contributed by atoms with Crippen molar-refractivity contribution in [1.82, 2.24) is 10.2 Å². The Morgan fingerprint density at radius 2 is 2.12 bits per heavy atom. The van der Waals surface area contributed by atoms with Crippen molar-refractivity contribution in [2.24, 2.45) is 0 Å². The van der Waals surface area contributed by atoms with E-state index in [1.165, 1.54) is 32.2 Å². The highest BCUT2D eigenvalue weighted by Gasteiger charge is 2.30. The SMILES string of the molecule is CCC1CCCCN1CC(C)(CO)NC(C)C. The Labute approximate surface area is 107 Å². The Hall–Kier alpha value is -0.120. The topological polar surface area (TPSA) is 35.5 Å². The van der Waals surface area contributed by atoms with Crippen molar-refractivity contribution < 1.29 is 5.11 Å². The minimum atomic E-state index is -0.168. The molecule has 0 spiro atoms. The number of aliphatic hydroxyl groups is 1. The highest BCUT2D eigenvalue weighted by Crippen LogP contribution is 2.21. The molecule has 1 aliphatic rings. The minimum absolute atomic E-state index is 0.168. The summed E-state index contributed by atoms with van der Waals surface area (Å²) in [5, 5.41) is 13.1. The molecule has 102 valence electrons. The van der Waals surface area contributed by atoms with Gasteiger partial charge in [-0.1, -0.05) is 27.2 Å². The van der Waals surface area contributed by atoms with Crippen molar-refractivity contribution in [3.63, 3.8) is 0 Å². The summed E-state index contributed by atoms with van der Waals surface area (Å²) < 4.78 is 0. The van der Waals surface area contributed by atoms with Crippen LogP contribution in [-0.4, -0.2) is 47.3 Å². The molecule has 0 aromatic carbocycles. The summed E-state index contributed by atoms with van der Waals surface area (Å²) >= 11 is 0. The average Bonchev–Trinajstić information content (AvgIpc) is 2.28. The van der Waals surface area contributed by atoms with Crippen LogP contribution in [0.1, 0.15) is 53.4 Å². The molecule has 1 rings (SSSR count). The normalized spacial score (nSPS) is 26.1. The second-order valence-electron chi connectivity index (χ2n) is 6.05. The Bertz CT molecular complexity index is 220. The molecule has 2 atom stereocenters. The lowest BCUT2D eigenvalue weighted by atomic mass is 9.95. The Kier molecular flexibility index (Phi) is 5.90. The number of piperidine rings is 1. The van der Waals surface area contributed by atoms with Crippen LogP contribution in [0.5, 0.6) is 0 Å². The third-order valence-corrected chi connectivity index (χ3v) is 3.76. The summed E-state index contributed by atoms with van der Waals surface area (Å²) in [7, 11) is 0. The van der Waals surface area contributed by atoms with Gasteiger partial charge in [-0.3, -0.25) is 4.90 Å². The molecule has 3 heteroatoms. The van der Waals surface area contributed by atoms with E-state index in [2.05, 4.69) is 37.9 Å². The molecule has 2 N–H and O–H groups in total. The molecule has 0 saturated carbocycles. The van der Waals surface area contributed by atoms with Gasteiger partial charge in [0.2, 0.25) is 0 Å². The number of hydrogen-bond donors (Lipinski definition) is 2. The first-order valence-corrected chi connectivity index (χ1v) is 7.13. The lowest BCUT2D eigenvalue weighted by Gasteiger charge is -2.42. The van der Waals surface area contributed by atoms with Gasteiger partial charge in [0.1, 0.15) is 0 Å². The maximum absolute atomic E-state index is 9.63. The van der Waals surface area contributed by atoms with Gasteiger partial charge in [-0.2, -0.15) is 0 Å². The predicted molar refractivity (Wildman–Crippen MR) is 73.3 cm³/mol. The van der Waals surface area contributed by atoms with Crippen molar-refractivity contribution in [3.05, 3.63) is 0 Å². The van der Waals surface area contributed by atoms with Gasteiger partial charge in [0.25, 0.3) is 0 Å². The first-order chi connectivity index (χ1) is 8.00. The Morgan fingerprint density at radius 1 is 1.41 bits per heavy atom. The van der Waals surface area contributed by atoms with Crippen LogP contribution in [0.2, 0.25) is 0 Å². The van der Waals surface area contributed by atoms with E-state index in [9.17, 15) is 5.11 Å². The second kappa shape index (κ2) is 6.72. The van der Waals surface area contributed by atoms with Crippen molar-refractivity contribution in [3.8, 4) is 0 Å². The van der Waals surface area contributed by atoms with Crippen LogP contribution in [0.3, 0.4) is 0 Å². The first kappa shape index (κ1) is 14.9. The molecule has 0 aliphatic carbocycles. The summed E-state index contributed by atoms with van der Waals surface area (Å²) in [5.41, 5.74) is -0.168. The minimum Gasteiger partial charge on any atom is -0.394 e. The van der Waals surface area contributed by atoms with Crippen LogP contribution in [0, 0.1) is 0 Å². The van der Waals surface area contributed by atoms with Crippen molar-refractivity contribution in [2.45, 2.75) is 71.0 Å². The third-order valence-electron chi connectivity index (χ3n) is 3.76.